The van der Waals surface area contributed by atoms with Gasteiger partial charge in [-0.3, -0.25) is 4.79 Å². The molecule has 1 fully saturated rings. The van der Waals surface area contributed by atoms with E-state index in [1.807, 2.05) is 13.8 Å². The molecule has 0 aliphatic carbocycles. The van der Waals surface area contributed by atoms with E-state index in [0.29, 0.717) is 11.7 Å². The molecule has 1 N–H and O–H groups in total. The second-order valence-corrected chi connectivity index (χ2v) is 3.86. The molecule has 2 heteroatoms. The molecule has 0 radical (unpaired) electrons. The summed E-state index contributed by atoms with van der Waals surface area (Å²) in [5.41, 5.74) is 0. The normalized spacial score (nSPS) is 31.3. The third-order valence-electron chi connectivity index (χ3n) is 2.26. The van der Waals surface area contributed by atoms with Gasteiger partial charge in [0.05, 0.1) is 6.04 Å². The highest BCUT2D eigenvalue weighted by atomic mass is 16.1. The maximum Gasteiger partial charge on any atom is 0.152 e. The molecule has 64 valence electrons. The summed E-state index contributed by atoms with van der Waals surface area (Å²) in [5.74, 6) is 1.22. The molecule has 1 heterocycles. The van der Waals surface area contributed by atoms with Crippen LogP contribution < -0.4 is 5.32 Å². The summed E-state index contributed by atoms with van der Waals surface area (Å²) in [7, 11) is 0. The summed E-state index contributed by atoms with van der Waals surface area (Å²) < 4.78 is 0. The number of Topliss-reactive ketones (excluding diaryl/α,β-unsaturated/α-hetero) is 1. The fourth-order valence-electron chi connectivity index (χ4n) is 1.53. The van der Waals surface area contributed by atoms with Gasteiger partial charge in [0.25, 0.3) is 0 Å². The maximum absolute atomic E-state index is 11.4. The standard InChI is InChI=1S/C9H17NO/c1-6(2)9(11)8-4-7(3)5-10-8/h6-8,10H,4-5H2,1-3H3/t7-,8?/m0/s1. The van der Waals surface area contributed by atoms with Crippen molar-refractivity contribution in [3.05, 3.63) is 0 Å². The zero-order valence-electron chi connectivity index (χ0n) is 7.55. The van der Waals surface area contributed by atoms with Crippen molar-refractivity contribution in [3.8, 4) is 0 Å². The predicted octanol–water partition coefficient (Wildman–Crippen LogP) is 1.21. The van der Waals surface area contributed by atoms with Crippen molar-refractivity contribution in [1.82, 2.24) is 5.32 Å². The Hall–Kier alpha value is -0.370. The number of nitrogens with one attached hydrogen (secondary N) is 1. The number of hydrogen-bond acceptors (Lipinski definition) is 2. The van der Waals surface area contributed by atoms with Gasteiger partial charge in [-0.15, -0.1) is 0 Å². The van der Waals surface area contributed by atoms with Gasteiger partial charge in [0.1, 0.15) is 0 Å². The fraction of sp³-hybridized carbons (Fsp3) is 0.889. The van der Waals surface area contributed by atoms with Gasteiger partial charge in [0.15, 0.2) is 5.78 Å². The lowest BCUT2D eigenvalue weighted by Gasteiger charge is -2.10. The van der Waals surface area contributed by atoms with Crippen LogP contribution in [-0.2, 0) is 4.79 Å². The number of rotatable bonds is 2. The Morgan fingerprint density at radius 1 is 1.55 bits per heavy atom. The second-order valence-electron chi connectivity index (χ2n) is 3.86. The van der Waals surface area contributed by atoms with Gasteiger partial charge in [-0.1, -0.05) is 20.8 Å². The molecule has 0 saturated carbocycles. The molecule has 2 nitrogen and oxygen atoms in total. The first kappa shape index (κ1) is 8.72. The Morgan fingerprint density at radius 3 is 2.55 bits per heavy atom. The number of carbonyl (C=O) groups excluding carboxylic acids is 1. The summed E-state index contributed by atoms with van der Waals surface area (Å²) in [4.78, 5) is 11.4. The minimum absolute atomic E-state index is 0.144. The molecule has 1 aliphatic rings. The van der Waals surface area contributed by atoms with Crippen LogP contribution in [-0.4, -0.2) is 18.4 Å². The molecule has 0 bridgehead atoms. The maximum atomic E-state index is 11.4. The Labute approximate surface area is 68.4 Å². The molecule has 0 aromatic rings. The third kappa shape index (κ3) is 2.03. The highest BCUT2D eigenvalue weighted by Gasteiger charge is 2.27. The first-order valence-electron chi connectivity index (χ1n) is 4.38. The molecule has 0 aromatic heterocycles. The van der Waals surface area contributed by atoms with Gasteiger partial charge in [-0.05, 0) is 18.9 Å². The minimum atomic E-state index is 0.144. The molecule has 1 rings (SSSR count). The summed E-state index contributed by atoms with van der Waals surface area (Å²) in [5, 5.41) is 3.24. The first-order chi connectivity index (χ1) is 5.11. The average Bonchev–Trinajstić information content (AvgIpc) is 2.34. The van der Waals surface area contributed by atoms with Crippen LogP contribution in [0.1, 0.15) is 27.2 Å². The molecule has 1 unspecified atom stereocenters. The van der Waals surface area contributed by atoms with Crippen molar-refractivity contribution in [2.24, 2.45) is 11.8 Å². The van der Waals surface area contributed by atoms with E-state index >= 15 is 0 Å². The molecule has 11 heavy (non-hydrogen) atoms. The second kappa shape index (κ2) is 3.35. The van der Waals surface area contributed by atoms with Crippen molar-refractivity contribution in [2.75, 3.05) is 6.54 Å². The van der Waals surface area contributed by atoms with Crippen molar-refractivity contribution < 1.29 is 4.79 Å². The Bertz CT molecular complexity index is 154. The quantitative estimate of drug-likeness (QED) is 0.649. The molecule has 2 atom stereocenters. The zero-order chi connectivity index (χ0) is 8.43. The lowest BCUT2D eigenvalue weighted by Crippen LogP contribution is -2.33. The highest BCUT2D eigenvalue weighted by molar-refractivity contribution is 5.85. The Balaban J connectivity index is 2.43. The summed E-state index contributed by atoms with van der Waals surface area (Å²) in [6, 6.07) is 0.144. The molecule has 0 spiro atoms. The third-order valence-corrected chi connectivity index (χ3v) is 2.26. The smallest absolute Gasteiger partial charge is 0.152 e. The molecule has 1 saturated heterocycles. The monoisotopic (exact) mass is 155 g/mol. The number of hydrogen-bond donors (Lipinski definition) is 1. The van der Waals surface area contributed by atoms with Crippen LogP contribution in [0.3, 0.4) is 0 Å². The molecule has 0 amide bonds. The minimum Gasteiger partial charge on any atom is -0.307 e. The van der Waals surface area contributed by atoms with Gasteiger partial charge in [0, 0.05) is 5.92 Å². The molecule has 1 aliphatic heterocycles. The van der Waals surface area contributed by atoms with E-state index in [-0.39, 0.29) is 12.0 Å². The largest absolute Gasteiger partial charge is 0.307 e. The average molecular weight is 155 g/mol. The molecular formula is C9H17NO. The van der Waals surface area contributed by atoms with Gasteiger partial charge >= 0.3 is 0 Å². The van der Waals surface area contributed by atoms with E-state index in [0.717, 1.165) is 13.0 Å². The van der Waals surface area contributed by atoms with E-state index in [1.165, 1.54) is 0 Å². The summed E-state index contributed by atoms with van der Waals surface area (Å²) in [6.07, 6.45) is 1.02. The highest BCUT2D eigenvalue weighted by Crippen LogP contribution is 2.15. The van der Waals surface area contributed by atoms with Gasteiger partial charge in [-0.2, -0.15) is 0 Å². The van der Waals surface area contributed by atoms with E-state index < -0.39 is 0 Å². The van der Waals surface area contributed by atoms with Crippen LogP contribution in [0.15, 0.2) is 0 Å². The van der Waals surface area contributed by atoms with Crippen LogP contribution in [0, 0.1) is 11.8 Å². The van der Waals surface area contributed by atoms with Gasteiger partial charge in [0.2, 0.25) is 0 Å². The van der Waals surface area contributed by atoms with Crippen LogP contribution >= 0.6 is 0 Å². The van der Waals surface area contributed by atoms with E-state index in [4.69, 9.17) is 0 Å². The number of ketones is 1. The van der Waals surface area contributed by atoms with Crippen LogP contribution in [0.4, 0.5) is 0 Å². The van der Waals surface area contributed by atoms with Crippen LogP contribution in [0.25, 0.3) is 0 Å². The first-order valence-corrected chi connectivity index (χ1v) is 4.38. The SMILES string of the molecule is CC(C)C(=O)C1C[C@H](C)CN1. The Morgan fingerprint density at radius 2 is 2.18 bits per heavy atom. The van der Waals surface area contributed by atoms with E-state index in [2.05, 4.69) is 12.2 Å². The molecule has 0 aromatic carbocycles. The number of carbonyl (C=O) groups is 1. The van der Waals surface area contributed by atoms with Crippen molar-refractivity contribution >= 4 is 5.78 Å². The fourth-order valence-corrected chi connectivity index (χ4v) is 1.53. The topological polar surface area (TPSA) is 29.1 Å². The lowest BCUT2D eigenvalue weighted by molar-refractivity contribution is -0.123. The van der Waals surface area contributed by atoms with E-state index in [1.54, 1.807) is 0 Å². The zero-order valence-corrected chi connectivity index (χ0v) is 7.55. The summed E-state index contributed by atoms with van der Waals surface area (Å²) in [6.45, 7) is 7.11. The van der Waals surface area contributed by atoms with Crippen molar-refractivity contribution in [3.63, 3.8) is 0 Å². The van der Waals surface area contributed by atoms with Gasteiger partial charge in [-0.25, -0.2) is 0 Å². The van der Waals surface area contributed by atoms with Crippen LogP contribution in [0.5, 0.6) is 0 Å². The van der Waals surface area contributed by atoms with Crippen molar-refractivity contribution in [1.29, 1.82) is 0 Å². The summed E-state index contributed by atoms with van der Waals surface area (Å²) >= 11 is 0. The van der Waals surface area contributed by atoms with E-state index in [9.17, 15) is 4.79 Å². The van der Waals surface area contributed by atoms with Crippen LogP contribution in [0.2, 0.25) is 0 Å². The molecular weight excluding hydrogens is 138 g/mol. The lowest BCUT2D eigenvalue weighted by atomic mass is 9.98. The van der Waals surface area contributed by atoms with Crippen molar-refractivity contribution in [2.45, 2.75) is 33.2 Å². The Kier molecular flexibility index (Phi) is 2.66. The predicted molar refractivity (Wildman–Crippen MR) is 45.4 cm³/mol. The van der Waals surface area contributed by atoms with Gasteiger partial charge < -0.3 is 5.32 Å².